The van der Waals surface area contributed by atoms with Crippen LogP contribution in [-0.4, -0.2) is 15.6 Å². The van der Waals surface area contributed by atoms with E-state index in [2.05, 4.69) is 13.8 Å². The van der Waals surface area contributed by atoms with Gasteiger partial charge in [-0.2, -0.15) is 0 Å². The van der Waals surface area contributed by atoms with E-state index in [4.69, 9.17) is 16.7 Å². The molecule has 0 aromatic carbocycles. The lowest BCUT2D eigenvalue weighted by Crippen LogP contribution is -2.34. The molecule has 82 valence electrons. The molecule has 1 heterocycles. The summed E-state index contributed by atoms with van der Waals surface area (Å²) in [6, 6.07) is 1.80. The molecule has 0 spiro atoms. The molecular weight excluding hydrogens is 214 g/mol. The highest BCUT2D eigenvalue weighted by atomic mass is 35.5. The highest BCUT2D eigenvalue weighted by Gasteiger charge is 2.38. The monoisotopic (exact) mass is 227 g/mol. The predicted molar refractivity (Wildman–Crippen MR) is 58.5 cm³/mol. The van der Waals surface area contributed by atoms with Crippen molar-refractivity contribution in [2.45, 2.75) is 32.7 Å². The Morgan fingerprint density at radius 2 is 2.20 bits per heavy atom. The first-order chi connectivity index (χ1) is 6.89. The van der Waals surface area contributed by atoms with Gasteiger partial charge < -0.3 is 9.67 Å². The van der Waals surface area contributed by atoms with Gasteiger partial charge in [-0.3, -0.25) is 0 Å². The number of carbonyl (C=O) groups is 1. The van der Waals surface area contributed by atoms with Gasteiger partial charge in [-0.25, -0.2) is 4.79 Å². The maximum Gasteiger partial charge on any atom is 0.352 e. The predicted octanol–water partition coefficient (Wildman–Crippen LogP) is 3.20. The van der Waals surface area contributed by atoms with Crippen LogP contribution in [0.25, 0.3) is 0 Å². The summed E-state index contributed by atoms with van der Waals surface area (Å²) in [7, 11) is 0. The average Bonchev–Trinajstić information content (AvgIpc) is 2.42. The number of nitrogens with zero attached hydrogens (tertiary/aromatic N) is 1. The number of carboxylic acids is 1. The first-order valence-corrected chi connectivity index (χ1v) is 5.37. The van der Waals surface area contributed by atoms with Gasteiger partial charge in [0.15, 0.2) is 0 Å². The van der Waals surface area contributed by atoms with E-state index in [1.807, 2.05) is 0 Å². The second kappa shape index (κ2) is 3.27. The molecule has 15 heavy (non-hydrogen) atoms. The highest BCUT2D eigenvalue weighted by Crippen LogP contribution is 2.48. The normalized spacial score (nSPS) is 19.9. The van der Waals surface area contributed by atoms with Crippen LogP contribution in [0.2, 0.25) is 5.02 Å². The van der Waals surface area contributed by atoms with E-state index in [-0.39, 0.29) is 0 Å². The van der Waals surface area contributed by atoms with E-state index < -0.39 is 5.97 Å². The van der Waals surface area contributed by atoms with Gasteiger partial charge in [0, 0.05) is 12.2 Å². The molecule has 1 saturated carbocycles. The van der Waals surface area contributed by atoms with Crippen LogP contribution < -0.4 is 0 Å². The Morgan fingerprint density at radius 1 is 1.60 bits per heavy atom. The van der Waals surface area contributed by atoms with Gasteiger partial charge in [0.05, 0.1) is 5.02 Å². The number of carboxylic acid groups (broad SMARTS) is 1. The average molecular weight is 228 g/mol. The van der Waals surface area contributed by atoms with Crippen molar-refractivity contribution < 1.29 is 9.90 Å². The lowest BCUT2D eigenvalue weighted by atomic mass is 9.68. The fourth-order valence-corrected chi connectivity index (χ4v) is 2.54. The number of hydrogen-bond donors (Lipinski definition) is 1. The minimum Gasteiger partial charge on any atom is -0.477 e. The Labute approximate surface area is 93.7 Å². The van der Waals surface area contributed by atoms with Gasteiger partial charge in [-0.05, 0) is 24.3 Å². The molecule has 1 aromatic rings. The summed E-state index contributed by atoms with van der Waals surface area (Å²) in [6.07, 6.45) is 3.74. The number of aromatic nitrogens is 1. The number of halogens is 1. The molecule has 0 aliphatic heterocycles. The third kappa shape index (κ3) is 1.88. The van der Waals surface area contributed by atoms with Crippen LogP contribution in [0.3, 0.4) is 0 Å². The van der Waals surface area contributed by atoms with E-state index in [9.17, 15) is 4.79 Å². The Balaban J connectivity index is 2.26. The smallest absolute Gasteiger partial charge is 0.352 e. The van der Waals surface area contributed by atoms with Crippen LogP contribution >= 0.6 is 11.6 Å². The van der Waals surface area contributed by atoms with Gasteiger partial charge in [0.25, 0.3) is 0 Å². The molecule has 0 atom stereocenters. The van der Waals surface area contributed by atoms with Crippen molar-refractivity contribution in [1.82, 2.24) is 4.57 Å². The SMILES string of the molecule is CC1(C)CC(n2cc(Cl)cc2C(=O)O)C1. The number of rotatable bonds is 2. The Morgan fingerprint density at radius 3 is 2.67 bits per heavy atom. The Kier molecular flexibility index (Phi) is 2.30. The third-order valence-electron chi connectivity index (χ3n) is 3.00. The molecule has 0 bridgehead atoms. The molecule has 1 N–H and O–H groups in total. The van der Waals surface area contributed by atoms with Crippen molar-refractivity contribution in [3.63, 3.8) is 0 Å². The molecule has 0 amide bonds. The molecule has 0 radical (unpaired) electrons. The first-order valence-electron chi connectivity index (χ1n) is 5.00. The van der Waals surface area contributed by atoms with Crippen molar-refractivity contribution >= 4 is 17.6 Å². The van der Waals surface area contributed by atoms with E-state index in [0.29, 0.717) is 22.2 Å². The standard InChI is InChI=1S/C11H14ClNO2/c1-11(2)4-8(5-11)13-6-7(12)3-9(13)10(14)15/h3,6,8H,4-5H2,1-2H3,(H,14,15). The van der Waals surface area contributed by atoms with Crippen LogP contribution in [-0.2, 0) is 0 Å². The van der Waals surface area contributed by atoms with E-state index in [0.717, 1.165) is 12.8 Å². The fraction of sp³-hybridized carbons (Fsp3) is 0.545. The van der Waals surface area contributed by atoms with Crippen molar-refractivity contribution in [2.75, 3.05) is 0 Å². The summed E-state index contributed by atoms with van der Waals surface area (Å²) in [5, 5.41) is 9.50. The topological polar surface area (TPSA) is 42.2 Å². The molecule has 3 nitrogen and oxygen atoms in total. The molecule has 2 rings (SSSR count). The van der Waals surface area contributed by atoms with Gasteiger partial charge in [-0.15, -0.1) is 0 Å². The second-order valence-corrected chi connectivity index (χ2v) is 5.42. The van der Waals surface area contributed by atoms with Crippen LogP contribution in [0.4, 0.5) is 0 Å². The molecule has 1 aliphatic carbocycles. The van der Waals surface area contributed by atoms with Crippen LogP contribution in [0.5, 0.6) is 0 Å². The molecule has 1 aromatic heterocycles. The van der Waals surface area contributed by atoms with Crippen LogP contribution in [0.15, 0.2) is 12.3 Å². The summed E-state index contributed by atoms with van der Waals surface area (Å²) in [5.74, 6) is -0.911. The molecule has 4 heteroatoms. The van der Waals surface area contributed by atoms with Crippen LogP contribution in [0.1, 0.15) is 43.2 Å². The molecule has 1 aliphatic rings. The summed E-state index contributed by atoms with van der Waals surface area (Å²) in [6.45, 7) is 4.38. The van der Waals surface area contributed by atoms with Gasteiger partial charge in [0.1, 0.15) is 5.69 Å². The molecule has 0 unspecified atom stereocenters. The highest BCUT2D eigenvalue weighted by molar-refractivity contribution is 6.30. The maximum atomic E-state index is 11.0. The zero-order chi connectivity index (χ0) is 11.2. The fourth-order valence-electron chi connectivity index (χ4n) is 2.33. The molecular formula is C11H14ClNO2. The molecule has 1 fully saturated rings. The summed E-state index contributed by atoms with van der Waals surface area (Å²) >= 11 is 5.82. The number of hydrogen-bond acceptors (Lipinski definition) is 1. The lowest BCUT2D eigenvalue weighted by molar-refractivity contribution is 0.0645. The second-order valence-electron chi connectivity index (χ2n) is 4.98. The largest absolute Gasteiger partial charge is 0.477 e. The number of aromatic carboxylic acids is 1. The lowest BCUT2D eigenvalue weighted by Gasteiger charge is -2.43. The zero-order valence-corrected chi connectivity index (χ0v) is 9.58. The quantitative estimate of drug-likeness (QED) is 0.843. The Hall–Kier alpha value is -0.960. The minimum atomic E-state index is -0.911. The van der Waals surface area contributed by atoms with Crippen molar-refractivity contribution in [3.8, 4) is 0 Å². The Bertz CT molecular complexity index is 401. The van der Waals surface area contributed by atoms with Crippen molar-refractivity contribution in [2.24, 2.45) is 5.41 Å². The van der Waals surface area contributed by atoms with E-state index >= 15 is 0 Å². The molecule has 0 saturated heterocycles. The van der Waals surface area contributed by atoms with Crippen LogP contribution in [0, 0.1) is 5.41 Å². The zero-order valence-electron chi connectivity index (χ0n) is 8.83. The van der Waals surface area contributed by atoms with E-state index in [1.165, 1.54) is 6.07 Å². The van der Waals surface area contributed by atoms with Crippen molar-refractivity contribution in [3.05, 3.63) is 23.0 Å². The van der Waals surface area contributed by atoms with Gasteiger partial charge in [-0.1, -0.05) is 25.4 Å². The maximum absolute atomic E-state index is 11.0. The first kappa shape index (κ1) is 10.6. The minimum absolute atomic E-state index is 0.290. The summed E-state index contributed by atoms with van der Waals surface area (Å²) in [5.41, 5.74) is 0.623. The van der Waals surface area contributed by atoms with E-state index in [1.54, 1.807) is 10.8 Å². The third-order valence-corrected chi connectivity index (χ3v) is 3.21. The van der Waals surface area contributed by atoms with Gasteiger partial charge >= 0.3 is 5.97 Å². The summed E-state index contributed by atoms with van der Waals surface area (Å²) < 4.78 is 1.79. The van der Waals surface area contributed by atoms with Crippen molar-refractivity contribution in [1.29, 1.82) is 0 Å². The van der Waals surface area contributed by atoms with Gasteiger partial charge in [0.2, 0.25) is 0 Å². The summed E-state index contributed by atoms with van der Waals surface area (Å²) in [4.78, 5) is 11.0.